The van der Waals surface area contributed by atoms with E-state index in [4.69, 9.17) is 0 Å². The van der Waals surface area contributed by atoms with Crippen LogP contribution in [0.2, 0.25) is 78.6 Å². The van der Waals surface area contributed by atoms with E-state index in [9.17, 15) is 0 Å². The molecule has 0 rings (SSSR count). The third-order valence-corrected chi connectivity index (χ3v) is 60.9. The van der Waals surface area contributed by atoms with E-state index in [0.717, 1.165) is 0 Å². The van der Waals surface area contributed by atoms with E-state index in [-0.39, 0.29) is 0 Å². The Morgan fingerprint density at radius 1 is 0.421 bits per heavy atom. The first kappa shape index (κ1) is 20.7. The molecule has 0 heterocycles. The van der Waals surface area contributed by atoms with Crippen molar-refractivity contribution in [1.29, 1.82) is 0 Å². The van der Waals surface area contributed by atoms with Crippen molar-refractivity contribution in [2.45, 2.75) is 78.6 Å². The Hall–Kier alpha value is 1.73. The van der Waals surface area contributed by atoms with Gasteiger partial charge in [-0.3, -0.25) is 0 Å². The molecule has 0 amide bonds. The first-order chi connectivity index (χ1) is 7.97. The van der Waals surface area contributed by atoms with Crippen molar-refractivity contribution in [2.24, 2.45) is 0 Å². The second-order valence-electron chi connectivity index (χ2n) is 9.68. The molecule has 0 saturated carbocycles. The van der Waals surface area contributed by atoms with Gasteiger partial charge in [-0.2, -0.15) is 0 Å². The van der Waals surface area contributed by atoms with Gasteiger partial charge in [0, 0.05) is 0 Å². The molecule has 0 nitrogen and oxygen atoms in total. The Kier molecular flexibility index (Phi) is 7.05. The minimum Gasteiger partial charge on any atom is -0.126 e. The molecule has 0 bridgehead atoms. The van der Waals surface area contributed by atoms with E-state index in [1.165, 1.54) is 0 Å². The molecular formula is C13H38P2Si4. The number of hydrogen-bond acceptors (Lipinski definition) is 0. The third kappa shape index (κ3) is 7.02. The molecule has 6 heteroatoms. The van der Waals surface area contributed by atoms with Gasteiger partial charge in [-0.25, -0.2) is 0 Å². The van der Waals surface area contributed by atoms with Crippen LogP contribution in [0.25, 0.3) is 0 Å². The van der Waals surface area contributed by atoms with Crippen LogP contribution in [-0.2, 0) is 0 Å². The van der Waals surface area contributed by atoms with Crippen LogP contribution in [-0.4, -0.2) is 36.9 Å². The monoisotopic (exact) mass is 368 g/mol. The van der Waals surface area contributed by atoms with Crippen LogP contribution < -0.4 is 0 Å². The zero-order valence-corrected chi connectivity index (χ0v) is 21.4. The molecule has 19 heavy (non-hydrogen) atoms. The van der Waals surface area contributed by atoms with Gasteiger partial charge in [0.25, 0.3) is 0 Å². The molecule has 0 saturated heterocycles. The Balaban J connectivity index is 5.43. The minimum absolute atomic E-state index is 0.365. The molecule has 0 aromatic carbocycles. The average Bonchev–Trinajstić information content (AvgIpc) is 1.91. The topological polar surface area (TPSA) is 0 Å². The summed E-state index contributed by atoms with van der Waals surface area (Å²) in [4.78, 5) is 0. The van der Waals surface area contributed by atoms with Crippen LogP contribution in [0.15, 0.2) is 0 Å². The normalized spacial score (nSPS) is 15.5. The fraction of sp³-hybridized carbons (Fsp3) is 1.00. The zero-order valence-electron chi connectivity index (χ0n) is 15.6. The Labute approximate surface area is 129 Å². The summed E-state index contributed by atoms with van der Waals surface area (Å²) in [5.74, 6) is 1.70. The van der Waals surface area contributed by atoms with Gasteiger partial charge in [0.05, 0.1) is 31.0 Å². The van der Waals surface area contributed by atoms with E-state index in [1.54, 1.807) is 5.90 Å². The van der Waals surface area contributed by atoms with Gasteiger partial charge >= 0.3 is 0 Å². The maximum atomic E-state index is 2.65. The van der Waals surface area contributed by atoms with Gasteiger partial charge in [-0.05, 0) is 5.90 Å². The van der Waals surface area contributed by atoms with Gasteiger partial charge < -0.3 is 0 Å². The van der Waals surface area contributed by atoms with E-state index in [0.29, 0.717) is 14.0 Å². The fourth-order valence-electron chi connectivity index (χ4n) is 3.00. The summed E-state index contributed by atoms with van der Waals surface area (Å²) in [5, 5.41) is 0. The van der Waals surface area contributed by atoms with Gasteiger partial charge in [0.15, 0.2) is 0 Å². The predicted molar refractivity (Wildman–Crippen MR) is 112 cm³/mol. The van der Waals surface area contributed by atoms with Crippen molar-refractivity contribution in [3.63, 3.8) is 0 Å². The molecule has 0 N–H and O–H groups in total. The van der Waals surface area contributed by atoms with Crippen LogP contribution in [0.4, 0.5) is 0 Å². The Morgan fingerprint density at radius 3 is 0.684 bits per heavy atom. The van der Waals surface area contributed by atoms with Gasteiger partial charge in [-0.1, -0.05) is 78.6 Å². The highest BCUT2D eigenvalue weighted by Crippen LogP contribution is 2.67. The molecule has 0 aromatic rings. The molecule has 0 aromatic heterocycles. The van der Waals surface area contributed by atoms with Crippen LogP contribution in [0.1, 0.15) is 0 Å². The molecule has 0 atom stereocenters. The first-order valence-electron chi connectivity index (χ1n) is 7.53. The van der Waals surface area contributed by atoms with Crippen molar-refractivity contribution in [2.75, 3.05) is 5.90 Å². The summed E-state index contributed by atoms with van der Waals surface area (Å²) < 4.78 is 0. The van der Waals surface area contributed by atoms with Crippen LogP contribution in [0.3, 0.4) is 0 Å². The van der Waals surface area contributed by atoms with Crippen molar-refractivity contribution in [3.8, 4) is 0 Å². The molecule has 0 unspecified atom stereocenters. The van der Waals surface area contributed by atoms with E-state index >= 15 is 0 Å². The Bertz CT molecular complexity index is 234. The van der Waals surface area contributed by atoms with E-state index < -0.39 is 31.0 Å². The lowest BCUT2D eigenvalue weighted by atomic mass is 11.8. The molecule has 0 aliphatic heterocycles. The van der Waals surface area contributed by atoms with Gasteiger partial charge in [0.2, 0.25) is 0 Å². The zero-order chi connectivity index (χ0) is 15.9. The van der Waals surface area contributed by atoms with E-state index in [1.807, 2.05) is 0 Å². The van der Waals surface area contributed by atoms with Crippen LogP contribution in [0, 0.1) is 0 Å². The first-order valence-corrected chi connectivity index (χ1v) is 27.9. The predicted octanol–water partition coefficient (Wildman–Crippen LogP) is 7.25. The standard InChI is InChI=1S/C13H38P2Si4/c1-16(2,3)14(17(4,5)6)13-15(18(7,8)9)19(10,11)12/h13H2,1-12H3. The fourth-order valence-corrected chi connectivity index (χ4v) is 88.7. The summed E-state index contributed by atoms with van der Waals surface area (Å²) in [5.41, 5.74) is 0. The highest BCUT2D eigenvalue weighted by atomic mass is 31.7. The Morgan fingerprint density at radius 2 is 0.579 bits per heavy atom. The molecular weight excluding hydrogens is 330 g/mol. The summed E-state index contributed by atoms with van der Waals surface area (Å²) in [6.07, 6.45) is 0. The lowest BCUT2D eigenvalue weighted by Gasteiger charge is -2.48. The molecule has 0 aliphatic carbocycles. The van der Waals surface area contributed by atoms with Gasteiger partial charge in [-0.15, -0.1) is 14.0 Å². The van der Waals surface area contributed by atoms with Crippen LogP contribution in [0.5, 0.6) is 0 Å². The molecule has 116 valence electrons. The third-order valence-electron chi connectivity index (χ3n) is 3.52. The molecule has 0 radical (unpaired) electrons. The highest BCUT2D eigenvalue weighted by Gasteiger charge is 2.44. The summed E-state index contributed by atoms with van der Waals surface area (Å²) in [6, 6.07) is 0. The molecule has 0 spiro atoms. The van der Waals surface area contributed by atoms with Crippen molar-refractivity contribution in [3.05, 3.63) is 0 Å². The smallest absolute Gasteiger partial charge is 0.0683 e. The largest absolute Gasteiger partial charge is 0.126 e. The SMILES string of the molecule is C[Si](C)(C)P(CP([Si](C)(C)C)[Si](C)(C)C)[Si](C)(C)C. The molecule has 0 aliphatic rings. The lowest BCUT2D eigenvalue weighted by Crippen LogP contribution is -2.39. The van der Waals surface area contributed by atoms with Crippen molar-refractivity contribution >= 4 is 45.0 Å². The van der Waals surface area contributed by atoms with Crippen LogP contribution >= 0.6 is 14.0 Å². The quantitative estimate of drug-likeness (QED) is 0.342. The maximum absolute atomic E-state index is 2.65. The van der Waals surface area contributed by atoms with Gasteiger partial charge in [0.1, 0.15) is 0 Å². The summed E-state index contributed by atoms with van der Waals surface area (Å²) >= 11 is 0. The maximum Gasteiger partial charge on any atom is 0.0683 e. The van der Waals surface area contributed by atoms with E-state index in [2.05, 4.69) is 78.6 Å². The number of hydrogen-bond donors (Lipinski definition) is 0. The average molecular weight is 369 g/mol. The minimum atomic E-state index is -0.955. The second kappa shape index (κ2) is 6.46. The second-order valence-corrected chi connectivity index (χ2v) is 55.2. The van der Waals surface area contributed by atoms with Crippen molar-refractivity contribution in [1.82, 2.24) is 0 Å². The number of rotatable bonds is 6. The molecule has 0 fully saturated rings. The lowest BCUT2D eigenvalue weighted by molar-refractivity contribution is 1.79. The highest BCUT2D eigenvalue weighted by molar-refractivity contribution is 8.29. The summed E-state index contributed by atoms with van der Waals surface area (Å²) in [7, 11) is -3.09. The summed E-state index contributed by atoms with van der Waals surface area (Å²) in [6.45, 7) is 31.8. The van der Waals surface area contributed by atoms with Crippen molar-refractivity contribution < 1.29 is 0 Å².